The van der Waals surface area contributed by atoms with Gasteiger partial charge in [-0.2, -0.15) is 5.10 Å². The molecule has 94 valence electrons. The number of halogens is 3. The third-order valence-corrected chi connectivity index (χ3v) is 3.31. The molecule has 1 aromatic carbocycles. The highest BCUT2D eigenvalue weighted by molar-refractivity contribution is 9.10. The molecular formula is C11H7BrClFN2O2. The van der Waals surface area contributed by atoms with E-state index >= 15 is 0 Å². The first-order chi connectivity index (χ1) is 8.40. The number of nitrogens with zero attached hydrogens (tertiary/aromatic N) is 2. The maximum absolute atomic E-state index is 13.3. The van der Waals surface area contributed by atoms with Gasteiger partial charge < -0.3 is 5.11 Å². The zero-order chi connectivity index (χ0) is 13.4. The summed E-state index contributed by atoms with van der Waals surface area (Å²) in [5.74, 6) is -1.61. The second kappa shape index (κ2) is 4.70. The fraction of sp³-hybridized carbons (Fsp3) is 0.0909. The van der Waals surface area contributed by atoms with Gasteiger partial charge in [0.05, 0.1) is 15.2 Å². The van der Waals surface area contributed by atoms with Crippen molar-refractivity contribution in [1.82, 2.24) is 9.78 Å². The van der Waals surface area contributed by atoms with Gasteiger partial charge in [-0.1, -0.05) is 11.6 Å². The molecule has 7 heteroatoms. The number of aryl methyl sites for hydroxylation is 1. The molecule has 0 amide bonds. The van der Waals surface area contributed by atoms with E-state index in [1.165, 1.54) is 16.8 Å². The van der Waals surface area contributed by atoms with Crippen LogP contribution in [0.25, 0.3) is 11.3 Å². The van der Waals surface area contributed by atoms with Crippen molar-refractivity contribution in [2.45, 2.75) is 0 Å². The van der Waals surface area contributed by atoms with Crippen molar-refractivity contribution >= 4 is 33.5 Å². The Kier molecular flexibility index (Phi) is 3.41. The Hall–Kier alpha value is -1.40. The molecule has 2 aromatic rings. The predicted octanol–water partition coefficient (Wildman–Crippen LogP) is 3.34. The van der Waals surface area contributed by atoms with Gasteiger partial charge >= 0.3 is 5.97 Å². The van der Waals surface area contributed by atoms with Crippen LogP contribution in [-0.2, 0) is 7.05 Å². The summed E-state index contributed by atoms with van der Waals surface area (Å²) in [4.78, 5) is 10.8. The molecule has 0 saturated carbocycles. The van der Waals surface area contributed by atoms with E-state index in [1.54, 1.807) is 7.05 Å². The van der Waals surface area contributed by atoms with Gasteiger partial charge in [-0.15, -0.1) is 0 Å². The Bertz CT molecular complexity index is 642. The Morgan fingerprint density at radius 1 is 1.50 bits per heavy atom. The third kappa shape index (κ3) is 2.26. The van der Waals surface area contributed by atoms with E-state index in [9.17, 15) is 9.18 Å². The molecule has 4 nitrogen and oxygen atoms in total. The number of hydrogen-bond acceptors (Lipinski definition) is 2. The minimum Gasteiger partial charge on any atom is -0.476 e. The highest BCUT2D eigenvalue weighted by Crippen LogP contribution is 2.32. The molecule has 0 fully saturated rings. The van der Waals surface area contributed by atoms with Crippen LogP contribution in [0.2, 0.25) is 5.02 Å². The summed E-state index contributed by atoms with van der Waals surface area (Å²) in [6, 6.07) is 4.03. The summed E-state index contributed by atoms with van der Waals surface area (Å²) in [6.07, 6.45) is 0. The SMILES string of the molecule is Cn1nc(C(=O)O)cc1-c1cc(Br)c(F)cc1Cl. The van der Waals surface area contributed by atoms with Crippen molar-refractivity contribution in [1.29, 1.82) is 0 Å². The molecule has 0 unspecified atom stereocenters. The minimum atomic E-state index is -1.13. The van der Waals surface area contributed by atoms with Crippen molar-refractivity contribution in [3.05, 3.63) is 39.2 Å². The van der Waals surface area contributed by atoms with Gasteiger partial charge in [0.1, 0.15) is 5.82 Å². The number of rotatable bonds is 2. The average molecular weight is 334 g/mol. The molecule has 0 radical (unpaired) electrons. The van der Waals surface area contributed by atoms with E-state index in [1.807, 2.05) is 0 Å². The molecule has 2 rings (SSSR count). The lowest BCUT2D eigenvalue weighted by Crippen LogP contribution is -1.99. The van der Waals surface area contributed by atoms with Gasteiger partial charge in [0.15, 0.2) is 5.69 Å². The third-order valence-electron chi connectivity index (χ3n) is 2.38. The molecule has 0 aliphatic heterocycles. The van der Waals surface area contributed by atoms with Crippen LogP contribution in [0.1, 0.15) is 10.5 Å². The topological polar surface area (TPSA) is 55.1 Å². The summed E-state index contributed by atoms with van der Waals surface area (Å²) in [5.41, 5.74) is 0.912. The summed E-state index contributed by atoms with van der Waals surface area (Å²) >= 11 is 9.01. The molecule has 0 bridgehead atoms. The van der Waals surface area contributed by atoms with Crippen LogP contribution in [0.3, 0.4) is 0 Å². The van der Waals surface area contributed by atoms with Gasteiger partial charge in [-0.25, -0.2) is 9.18 Å². The van der Waals surface area contributed by atoms with Gasteiger partial charge in [0.2, 0.25) is 0 Å². The molecule has 0 saturated heterocycles. The van der Waals surface area contributed by atoms with Crippen molar-refractivity contribution in [3.8, 4) is 11.3 Å². The lowest BCUT2D eigenvalue weighted by molar-refractivity contribution is 0.0689. The lowest BCUT2D eigenvalue weighted by Gasteiger charge is -2.06. The quantitative estimate of drug-likeness (QED) is 0.858. The number of carbonyl (C=O) groups is 1. The molecule has 0 atom stereocenters. The fourth-order valence-electron chi connectivity index (χ4n) is 1.54. The van der Waals surface area contributed by atoms with Crippen molar-refractivity contribution < 1.29 is 14.3 Å². The van der Waals surface area contributed by atoms with Crippen molar-refractivity contribution in [2.24, 2.45) is 7.05 Å². The zero-order valence-electron chi connectivity index (χ0n) is 9.12. The van der Waals surface area contributed by atoms with E-state index in [0.29, 0.717) is 11.3 Å². The number of aromatic nitrogens is 2. The number of carboxylic acid groups (broad SMARTS) is 1. The van der Waals surface area contributed by atoms with Crippen LogP contribution >= 0.6 is 27.5 Å². The van der Waals surface area contributed by atoms with E-state index < -0.39 is 11.8 Å². The summed E-state index contributed by atoms with van der Waals surface area (Å²) in [6.45, 7) is 0. The van der Waals surface area contributed by atoms with E-state index in [4.69, 9.17) is 16.7 Å². The van der Waals surface area contributed by atoms with Crippen molar-refractivity contribution in [2.75, 3.05) is 0 Å². The summed E-state index contributed by atoms with van der Waals surface area (Å²) < 4.78 is 14.9. The van der Waals surface area contributed by atoms with Crippen LogP contribution in [0.15, 0.2) is 22.7 Å². The van der Waals surface area contributed by atoms with Crippen molar-refractivity contribution in [3.63, 3.8) is 0 Å². The Morgan fingerprint density at radius 2 is 2.17 bits per heavy atom. The Morgan fingerprint density at radius 3 is 2.72 bits per heavy atom. The van der Waals surface area contributed by atoms with E-state index in [2.05, 4.69) is 21.0 Å². The molecular weight excluding hydrogens is 326 g/mol. The lowest BCUT2D eigenvalue weighted by atomic mass is 10.1. The average Bonchev–Trinajstić information content (AvgIpc) is 2.66. The Balaban J connectivity index is 2.62. The van der Waals surface area contributed by atoms with Crippen LogP contribution in [0.5, 0.6) is 0 Å². The molecule has 0 aliphatic rings. The molecule has 0 aliphatic carbocycles. The Labute approximate surface area is 115 Å². The fourth-order valence-corrected chi connectivity index (χ4v) is 2.13. The zero-order valence-corrected chi connectivity index (χ0v) is 11.5. The molecule has 1 N–H and O–H groups in total. The summed E-state index contributed by atoms with van der Waals surface area (Å²) in [5, 5.41) is 12.9. The highest BCUT2D eigenvalue weighted by Gasteiger charge is 2.16. The maximum atomic E-state index is 13.3. The molecule has 18 heavy (non-hydrogen) atoms. The molecule has 1 aromatic heterocycles. The van der Waals surface area contributed by atoms with Crippen LogP contribution in [0.4, 0.5) is 4.39 Å². The van der Waals surface area contributed by atoms with Gasteiger partial charge in [-0.3, -0.25) is 4.68 Å². The number of hydrogen-bond donors (Lipinski definition) is 1. The smallest absolute Gasteiger partial charge is 0.356 e. The second-order valence-corrected chi connectivity index (χ2v) is 4.85. The monoisotopic (exact) mass is 332 g/mol. The number of carboxylic acids is 1. The molecule has 1 heterocycles. The van der Waals surface area contributed by atoms with E-state index in [0.717, 1.165) is 6.07 Å². The first kappa shape index (κ1) is 13.0. The van der Waals surface area contributed by atoms with Gasteiger partial charge in [0.25, 0.3) is 0 Å². The van der Waals surface area contributed by atoms with Crippen LogP contribution in [-0.4, -0.2) is 20.9 Å². The first-order valence-electron chi connectivity index (χ1n) is 4.82. The van der Waals surface area contributed by atoms with Crippen LogP contribution < -0.4 is 0 Å². The first-order valence-corrected chi connectivity index (χ1v) is 5.99. The van der Waals surface area contributed by atoms with E-state index in [-0.39, 0.29) is 15.2 Å². The van der Waals surface area contributed by atoms with Gasteiger partial charge in [-0.05, 0) is 34.1 Å². The normalized spacial score (nSPS) is 10.7. The summed E-state index contributed by atoms with van der Waals surface area (Å²) in [7, 11) is 1.59. The molecule has 0 spiro atoms. The van der Waals surface area contributed by atoms with Gasteiger partial charge in [0, 0.05) is 12.6 Å². The number of benzene rings is 1. The standard InChI is InChI=1S/C11H7BrClFN2O2/c1-16-10(4-9(15-16)11(17)18)5-2-6(12)8(14)3-7(5)13/h2-4H,1H3,(H,17,18). The number of aromatic carboxylic acids is 1. The minimum absolute atomic E-state index is 0.0935. The largest absolute Gasteiger partial charge is 0.476 e. The maximum Gasteiger partial charge on any atom is 0.356 e. The predicted molar refractivity (Wildman–Crippen MR) is 68.3 cm³/mol. The highest BCUT2D eigenvalue weighted by atomic mass is 79.9. The second-order valence-electron chi connectivity index (χ2n) is 3.59. The van der Waals surface area contributed by atoms with Crippen LogP contribution in [0, 0.1) is 5.82 Å².